The first-order valence-electron chi connectivity index (χ1n) is 10.4. The van der Waals surface area contributed by atoms with Crippen molar-refractivity contribution in [2.24, 2.45) is 5.92 Å². The molecule has 1 aromatic heterocycles. The maximum atomic E-state index is 12.3. The van der Waals surface area contributed by atoms with Gasteiger partial charge in [0, 0.05) is 24.1 Å². The Morgan fingerprint density at radius 3 is 2.87 bits per heavy atom. The lowest BCUT2D eigenvalue weighted by molar-refractivity contribution is -0.133. The molecule has 1 aromatic carbocycles. The Morgan fingerprint density at radius 2 is 2.10 bits per heavy atom. The number of para-hydroxylation sites is 1. The fraction of sp³-hybridized carbons (Fsp3) is 0.478. The Morgan fingerprint density at radius 1 is 1.29 bits per heavy atom. The van der Waals surface area contributed by atoms with Crippen LogP contribution in [-0.2, 0) is 16.0 Å². The van der Waals surface area contributed by atoms with Crippen molar-refractivity contribution in [3.8, 4) is 0 Å². The summed E-state index contributed by atoms with van der Waals surface area (Å²) >= 11 is 2.87. The highest BCUT2D eigenvalue weighted by Gasteiger charge is 2.40. The van der Waals surface area contributed by atoms with Crippen molar-refractivity contribution in [1.82, 2.24) is 0 Å². The third kappa shape index (κ3) is 7.14. The maximum Gasteiger partial charge on any atom is 0.313 e. The number of furan rings is 1. The molecule has 168 valence electrons. The molecular formula is C23H28O6S2. The highest BCUT2D eigenvalue weighted by Crippen LogP contribution is 2.34. The number of Topliss-reactive ketones (excluding diaryl/α,β-unsaturated/α-hetero) is 1. The molecule has 1 fully saturated rings. The van der Waals surface area contributed by atoms with Gasteiger partial charge in [0.05, 0.1) is 23.2 Å². The van der Waals surface area contributed by atoms with Gasteiger partial charge in [0.15, 0.2) is 0 Å². The first-order valence-corrected chi connectivity index (χ1v) is 12.6. The zero-order chi connectivity index (χ0) is 22.2. The molecule has 4 atom stereocenters. The molecule has 31 heavy (non-hydrogen) atoms. The van der Waals surface area contributed by atoms with Crippen LogP contribution >= 0.6 is 23.5 Å². The molecule has 3 rings (SSSR count). The number of carbonyl (C=O) groups excluding carboxylic acids is 1. The predicted molar refractivity (Wildman–Crippen MR) is 125 cm³/mol. The van der Waals surface area contributed by atoms with E-state index in [-0.39, 0.29) is 29.1 Å². The molecular weight excluding hydrogens is 436 g/mol. The lowest BCUT2D eigenvalue weighted by Gasteiger charge is -2.17. The molecule has 2 aromatic rings. The van der Waals surface area contributed by atoms with Crippen LogP contribution in [0.2, 0.25) is 0 Å². The molecule has 0 amide bonds. The second-order valence-electron chi connectivity index (χ2n) is 7.65. The van der Waals surface area contributed by atoms with Crippen LogP contribution in [0, 0.1) is 5.92 Å². The van der Waals surface area contributed by atoms with Gasteiger partial charge in [-0.1, -0.05) is 30.4 Å². The van der Waals surface area contributed by atoms with Gasteiger partial charge in [-0.3, -0.25) is 9.59 Å². The summed E-state index contributed by atoms with van der Waals surface area (Å²) in [5.41, 5.74) is 0.830. The Labute approximate surface area is 190 Å². The van der Waals surface area contributed by atoms with Crippen molar-refractivity contribution >= 4 is 46.2 Å². The van der Waals surface area contributed by atoms with Gasteiger partial charge in [0.1, 0.15) is 17.1 Å². The highest BCUT2D eigenvalue weighted by atomic mass is 32.2. The van der Waals surface area contributed by atoms with E-state index in [2.05, 4.69) is 0 Å². The SMILES string of the molecule is O=C(O)CSCCCSC1C(=O)C[C@@H](O)[C@@H]1C=CC(O)CCc1cc2ccccc2o1. The van der Waals surface area contributed by atoms with E-state index in [1.54, 1.807) is 12.2 Å². The number of fused-ring (bicyclic) bond motifs is 1. The van der Waals surface area contributed by atoms with Crippen molar-refractivity contribution in [2.75, 3.05) is 17.3 Å². The number of hydrogen-bond acceptors (Lipinski definition) is 7. The third-order valence-corrected chi connectivity index (χ3v) is 7.69. The lowest BCUT2D eigenvalue weighted by Crippen LogP contribution is -2.22. The number of carboxylic acids is 1. The maximum absolute atomic E-state index is 12.3. The van der Waals surface area contributed by atoms with E-state index in [0.717, 1.165) is 34.7 Å². The summed E-state index contributed by atoms with van der Waals surface area (Å²) in [5.74, 6) is 1.25. The summed E-state index contributed by atoms with van der Waals surface area (Å²) in [6.07, 6.45) is 4.05. The number of hydrogen-bond donors (Lipinski definition) is 3. The molecule has 0 spiro atoms. The summed E-state index contributed by atoms with van der Waals surface area (Å²) in [6.45, 7) is 0. The second-order valence-corrected chi connectivity index (χ2v) is 10.0. The molecule has 0 saturated heterocycles. The standard InChI is InChI=1S/C23H28O6S2/c24-16(6-8-17-12-15-4-1-2-5-21(15)29-17)7-9-18-19(25)13-20(26)23(18)31-11-3-10-30-14-22(27)28/h1-2,4-5,7,9,12,16,18-19,23-25H,3,6,8,10-11,13-14H2,(H,27,28)/t16?,18-,19+,23?/m0/s1. The van der Waals surface area contributed by atoms with Gasteiger partial charge in [-0.15, -0.1) is 11.8 Å². The number of carboxylic acid groups (broad SMARTS) is 1. The van der Waals surface area contributed by atoms with Gasteiger partial charge < -0.3 is 19.7 Å². The molecule has 1 aliphatic carbocycles. The van der Waals surface area contributed by atoms with Crippen molar-refractivity contribution in [3.63, 3.8) is 0 Å². The zero-order valence-electron chi connectivity index (χ0n) is 17.2. The highest BCUT2D eigenvalue weighted by molar-refractivity contribution is 8.01. The van der Waals surface area contributed by atoms with Crippen LogP contribution in [0.25, 0.3) is 11.0 Å². The number of rotatable bonds is 12. The second kappa shape index (κ2) is 11.8. The van der Waals surface area contributed by atoms with Crippen molar-refractivity contribution in [1.29, 1.82) is 0 Å². The van der Waals surface area contributed by atoms with E-state index >= 15 is 0 Å². The van der Waals surface area contributed by atoms with E-state index in [4.69, 9.17) is 9.52 Å². The average Bonchev–Trinajstić information content (AvgIpc) is 3.27. The quantitative estimate of drug-likeness (QED) is 0.323. The number of aliphatic hydroxyl groups excluding tert-OH is 2. The summed E-state index contributed by atoms with van der Waals surface area (Å²) in [5, 5.41) is 30.0. The Balaban J connectivity index is 1.46. The molecule has 8 heteroatoms. The van der Waals surface area contributed by atoms with Gasteiger partial charge >= 0.3 is 5.97 Å². The molecule has 2 unspecified atom stereocenters. The van der Waals surface area contributed by atoms with Crippen LogP contribution in [0.15, 0.2) is 46.9 Å². The number of thioether (sulfide) groups is 2. The molecule has 0 bridgehead atoms. The normalized spacial score (nSPS) is 22.5. The van der Waals surface area contributed by atoms with E-state index < -0.39 is 18.2 Å². The number of carbonyl (C=O) groups is 2. The monoisotopic (exact) mass is 464 g/mol. The zero-order valence-corrected chi connectivity index (χ0v) is 18.8. The number of aliphatic carboxylic acids is 1. The van der Waals surface area contributed by atoms with E-state index in [1.807, 2.05) is 30.3 Å². The first-order chi connectivity index (χ1) is 14.9. The largest absolute Gasteiger partial charge is 0.481 e. The topological polar surface area (TPSA) is 108 Å². The third-order valence-electron chi connectivity index (χ3n) is 5.20. The summed E-state index contributed by atoms with van der Waals surface area (Å²) < 4.78 is 5.77. The lowest BCUT2D eigenvalue weighted by atomic mass is 10.0. The van der Waals surface area contributed by atoms with Crippen molar-refractivity contribution in [2.45, 2.75) is 43.1 Å². The van der Waals surface area contributed by atoms with Crippen molar-refractivity contribution in [3.05, 3.63) is 48.2 Å². The number of ketones is 1. The van der Waals surface area contributed by atoms with Gasteiger partial charge in [0.2, 0.25) is 0 Å². The minimum absolute atomic E-state index is 0.0297. The van der Waals surface area contributed by atoms with Crippen LogP contribution in [0.3, 0.4) is 0 Å². The minimum atomic E-state index is -0.823. The van der Waals surface area contributed by atoms with Crippen LogP contribution < -0.4 is 0 Å². The molecule has 1 saturated carbocycles. The Kier molecular flexibility index (Phi) is 9.07. The molecule has 3 N–H and O–H groups in total. The number of benzene rings is 1. The molecule has 1 heterocycles. The van der Waals surface area contributed by atoms with E-state index in [9.17, 15) is 19.8 Å². The average molecular weight is 465 g/mol. The van der Waals surface area contributed by atoms with Crippen LogP contribution in [0.4, 0.5) is 0 Å². The fourth-order valence-corrected chi connectivity index (χ4v) is 5.83. The van der Waals surface area contributed by atoms with Gasteiger partial charge in [0.25, 0.3) is 0 Å². The molecule has 1 aliphatic rings. The van der Waals surface area contributed by atoms with E-state index in [1.165, 1.54) is 23.5 Å². The summed E-state index contributed by atoms with van der Waals surface area (Å²) in [7, 11) is 0. The first kappa shape index (κ1) is 23.9. The number of aliphatic hydroxyl groups is 2. The number of aryl methyl sites for hydroxylation is 1. The Bertz CT molecular complexity index is 875. The van der Waals surface area contributed by atoms with Gasteiger partial charge in [-0.25, -0.2) is 0 Å². The molecule has 6 nitrogen and oxygen atoms in total. The van der Waals surface area contributed by atoms with Gasteiger partial charge in [-0.2, -0.15) is 11.8 Å². The van der Waals surface area contributed by atoms with Crippen LogP contribution in [0.1, 0.15) is 25.0 Å². The molecule has 0 radical (unpaired) electrons. The smallest absolute Gasteiger partial charge is 0.313 e. The van der Waals surface area contributed by atoms with Crippen molar-refractivity contribution < 1.29 is 29.3 Å². The van der Waals surface area contributed by atoms with Gasteiger partial charge in [-0.05, 0) is 36.5 Å². The van der Waals surface area contributed by atoms with Crippen LogP contribution in [-0.4, -0.2) is 61.8 Å². The fourth-order valence-electron chi connectivity index (χ4n) is 3.64. The van der Waals surface area contributed by atoms with Crippen LogP contribution in [0.5, 0.6) is 0 Å². The predicted octanol–water partition coefficient (Wildman–Crippen LogP) is 3.54. The van der Waals surface area contributed by atoms with E-state index in [0.29, 0.717) is 12.8 Å². The summed E-state index contributed by atoms with van der Waals surface area (Å²) in [6, 6.07) is 9.75. The Hall–Kier alpha value is -1.74. The molecule has 0 aliphatic heterocycles. The summed E-state index contributed by atoms with van der Waals surface area (Å²) in [4.78, 5) is 22.8. The minimum Gasteiger partial charge on any atom is -0.481 e.